The van der Waals surface area contributed by atoms with Crippen molar-refractivity contribution >= 4 is 0 Å². The minimum absolute atomic E-state index is 0.0767. The van der Waals surface area contributed by atoms with Gasteiger partial charge in [-0.15, -0.1) is 0 Å². The summed E-state index contributed by atoms with van der Waals surface area (Å²) < 4.78 is 13.0. The lowest BCUT2D eigenvalue weighted by Crippen LogP contribution is -2.45. The van der Waals surface area contributed by atoms with Gasteiger partial charge in [-0.3, -0.25) is 0 Å². The van der Waals surface area contributed by atoms with Crippen LogP contribution in [0, 0.1) is 5.82 Å². The van der Waals surface area contributed by atoms with Gasteiger partial charge >= 0.3 is 0 Å². The lowest BCUT2D eigenvalue weighted by molar-refractivity contribution is 0.347. The largest absolute Gasteiger partial charge is 0.327 e. The number of benzene rings is 2. The minimum Gasteiger partial charge on any atom is -0.327 e. The summed E-state index contributed by atoms with van der Waals surface area (Å²) in [6.07, 6.45) is 5.59. The molecule has 1 nitrogen and oxygen atoms in total. The second kappa shape index (κ2) is 5.98. The summed E-state index contributed by atoms with van der Waals surface area (Å²) in [7, 11) is 0. The maximum absolute atomic E-state index is 13.0. The van der Waals surface area contributed by atoms with Gasteiger partial charge in [-0.2, -0.15) is 0 Å². The quantitative estimate of drug-likeness (QED) is 0.893. The topological polar surface area (TPSA) is 26.0 Å². The molecule has 110 valence electrons. The molecule has 1 atom stereocenters. The molecular weight excluding hydrogens is 261 g/mol. The molecule has 2 aromatic rings. The first-order valence-electron chi connectivity index (χ1n) is 7.76. The molecule has 1 unspecified atom stereocenters. The van der Waals surface area contributed by atoms with E-state index in [-0.39, 0.29) is 17.3 Å². The second-order valence-electron chi connectivity index (χ2n) is 6.17. The van der Waals surface area contributed by atoms with E-state index in [1.54, 1.807) is 0 Å². The monoisotopic (exact) mass is 283 g/mol. The molecule has 1 saturated carbocycles. The van der Waals surface area contributed by atoms with Crippen LogP contribution in [0.25, 0.3) is 0 Å². The van der Waals surface area contributed by atoms with Crippen LogP contribution in [-0.4, -0.2) is 6.04 Å². The van der Waals surface area contributed by atoms with Gasteiger partial charge in [0.2, 0.25) is 0 Å². The van der Waals surface area contributed by atoms with Gasteiger partial charge in [0.15, 0.2) is 0 Å². The highest BCUT2D eigenvalue weighted by Crippen LogP contribution is 2.43. The summed E-state index contributed by atoms with van der Waals surface area (Å²) in [6, 6.07) is 17.5. The Kier molecular flexibility index (Phi) is 4.07. The Morgan fingerprint density at radius 1 is 0.952 bits per heavy atom. The molecule has 0 spiro atoms. The van der Waals surface area contributed by atoms with E-state index in [9.17, 15) is 4.39 Å². The zero-order valence-corrected chi connectivity index (χ0v) is 12.3. The molecule has 3 rings (SSSR count). The lowest BCUT2D eigenvalue weighted by Gasteiger charge is -2.36. The summed E-state index contributed by atoms with van der Waals surface area (Å²) in [6.45, 7) is 0. The Hall–Kier alpha value is -1.67. The molecule has 21 heavy (non-hydrogen) atoms. The summed E-state index contributed by atoms with van der Waals surface area (Å²) in [4.78, 5) is 0. The number of halogens is 1. The van der Waals surface area contributed by atoms with Crippen LogP contribution in [0.5, 0.6) is 0 Å². The van der Waals surface area contributed by atoms with Gasteiger partial charge in [0, 0.05) is 11.5 Å². The molecule has 2 heteroatoms. The maximum atomic E-state index is 13.0. The summed E-state index contributed by atoms with van der Waals surface area (Å²) >= 11 is 0. The fraction of sp³-hybridized carbons (Fsp3) is 0.368. The Morgan fingerprint density at radius 3 is 2.19 bits per heavy atom. The number of nitrogens with two attached hydrogens (primary N) is 1. The Bertz CT molecular complexity index is 570. The first kappa shape index (κ1) is 14.3. The molecule has 0 radical (unpaired) electrons. The van der Waals surface area contributed by atoms with E-state index in [0.717, 1.165) is 24.8 Å². The van der Waals surface area contributed by atoms with Crippen molar-refractivity contribution < 1.29 is 4.39 Å². The average Bonchev–Trinajstić information content (AvgIpc) is 3.01. The third-order valence-corrected chi connectivity index (χ3v) is 4.92. The van der Waals surface area contributed by atoms with E-state index in [1.807, 2.05) is 12.1 Å². The van der Waals surface area contributed by atoms with E-state index in [2.05, 4.69) is 30.3 Å². The standard InChI is InChI=1S/C19H22FN/c20-17-10-8-15(9-11-17)14-18(21)19(12-4-5-13-19)16-6-2-1-3-7-16/h1-3,6-11,18H,4-5,12-14,21H2. The van der Waals surface area contributed by atoms with Crippen molar-refractivity contribution in [1.29, 1.82) is 0 Å². The zero-order valence-electron chi connectivity index (χ0n) is 12.3. The molecule has 1 fully saturated rings. The summed E-state index contributed by atoms with van der Waals surface area (Å²) in [5.74, 6) is -0.189. The third-order valence-electron chi connectivity index (χ3n) is 4.92. The molecule has 1 aliphatic carbocycles. The predicted octanol–water partition coefficient (Wildman–Crippen LogP) is 4.21. The third kappa shape index (κ3) is 2.86. The van der Waals surface area contributed by atoms with E-state index >= 15 is 0 Å². The van der Waals surface area contributed by atoms with Crippen molar-refractivity contribution in [2.75, 3.05) is 0 Å². The van der Waals surface area contributed by atoms with Gasteiger partial charge in [-0.05, 0) is 42.5 Å². The van der Waals surface area contributed by atoms with Crippen LogP contribution in [0.4, 0.5) is 4.39 Å². The van der Waals surface area contributed by atoms with Crippen molar-refractivity contribution in [3.05, 3.63) is 71.5 Å². The van der Waals surface area contributed by atoms with Crippen molar-refractivity contribution in [3.8, 4) is 0 Å². The second-order valence-corrected chi connectivity index (χ2v) is 6.17. The summed E-state index contributed by atoms with van der Waals surface area (Å²) in [5, 5.41) is 0. The van der Waals surface area contributed by atoms with Gasteiger partial charge in [-0.1, -0.05) is 55.3 Å². The molecule has 0 aromatic heterocycles. The molecule has 2 aromatic carbocycles. The normalized spacial score (nSPS) is 18.6. The van der Waals surface area contributed by atoms with Crippen LogP contribution in [0.3, 0.4) is 0 Å². The molecule has 0 amide bonds. The fourth-order valence-electron chi connectivity index (χ4n) is 3.72. The molecule has 0 saturated heterocycles. The molecular formula is C19H22FN. The first-order chi connectivity index (χ1) is 10.2. The van der Waals surface area contributed by atoms with Gasteiger partial charge < -0.3 is 5.73 Å². The van der Waals surface area contributed by atoms with Crippen molar-refractivity contribution in [2.45, 2.75) is 43.6 Å². The predicted molar refractivity (Wildman–Crippen MR) is 84.7 cm³/mol. The van der Waals surface area contributed by atoms with E-state index in [0.29, 0.717) is 0 Å². The van der Waals surface area contributed by atoms with Crippen LogP contribution in [0.15, 0.2) is 54.6 Å². The van der Waals surface area contributed by atoms with Gasteiger partial charge in [0.1, 0.15) is 5.82 Å². The number of hydrogen-bond acceptors (Lipinski definition) is 1. The first-order valence-corrected chi connectivity index (χ1v) is 7.76. The van der Waals surface area contributed by atoms with E-state index in [1.165, 1.54) is 30.5 Å². The Morgan fingerprint density at radius 2 is 1.57 bits per heavy atom. The fourth-order valence-corrected chi connectivity index (χ4v) is 3.72. The van der Waals surface area contributed by atoms with Crippen LogP contribution in [-0.2, 0) is 11.8 Å². The number of rotatable bonds is 4. The molecule has 1 aliphatic rings. The van der Waals surface area contributed by atoms with Crippen LogP contribution in [0.1, 0.15) is 36.8 Å². The van der Waals surface area contributed by atoms with E-state index in [4.69, 9.17) is 5.73 Å². The Labute approximate surface area is 126 Å². The molecule has 0 heterocycles. The van der Waals surface area contributed by atoms with Gasteiger partial charge in [0.05, 0.1) is 0 Å². The SMILES string of the molecule is NC(Cc1ccc(F)cc1)C1(c2ccccc2)CCCC1. The van der Waals surface area contributed by atoms with Crippen molar-refractivity contribution in [1.82, 2.24) is 0 Å². The Balaban J connectivity index is 1.85. The van der Waals surface area contributed by atoms with Crippen molar-refractivity contribution in [3.63, 3.8) is 0 Å². The highest BCUT2D eigenvalue weighted by Gasteiger charge is 2.40. The molecule has 2 N–H and O–H groups in total. The van der Waals surface area contributed by atoms with Crippen molar-refractivity contribution in [2.24, 2.45) is 5.73 Å². The molecule has 0 bridgehead atoms. The molecule has 0 aliphatic heterocycles. The van der Waals surface area contributed by atoms with Crippen LogP contribution in [0.2, 0.25) is 0 Å². The van der Waals surface area contributed by atoms with Crippen LogP contribution < -0.4 is 5.73 Å². The maximum Gasteiger partial charge on any atom is 0.123 e. The van der Waals surface area contributed by atoms with E-state index < -0.39 is 0 Å². The highest BCUT2D eigenvalue weighted by molar-refractivity contribution is 5.30. The summed E-state index contributed by atoms with van der Waals surface area (Å²) in [5.41, 5.74) is 9.18. The number of hydrogen-bond donors (Lipinski definition) is 1. The highest BCUT2D eigenvalue weighted by atomic mass is 19.1. The zero-order chi connectivity index (χ0) is 14.7. The smallest absolute Gasteiger partial charge is 0.123 e. The van der Waals surface area contributed by atoms with Crippen LogP contribution >= 0.6 is 0 Å². The van der Waals surface area contributed by atoms with Gasteiger partial charge in [0.25, 0.3) is 0 Å². The minimum atomic E-state index is -0.189. The average molecular weight is 283 g/mol. The van der Waals surface area contributed by atoms with Gasteiger partial charge in [-0.25, -0.2) is 4.39 Å². The lowest BCUT2D eigenvalue weighted by atomic mass is 9.71.